The molecule has 1 N–H and O–H groups in total. The van der Waals surface area contributed by atoms with Crippen LogP contribution in [0.4, 0.5) is 14.6 Å². The molecule has 45 heavy (non-hydrogen) atoms. The molecular formula is C33H40F2N6O3S. The Labute approximate surface area is 266 Å². The fourth-order valence-corrected chi connectivity index (χ4v) is 8.47. The monoisotopic (exact) mass is 641 g/mol. The summed E-state index contributed by atoms with van der Waals surface area (Å²) in [4.78, 5) is 25.1. The molecule has 12 heteroatoms. The first-order valence-corrected chi connectivity index (χ1v) is 17.5. The summed E-state index contributed by atoms with van der Waals surface area (Å²) in [5.41, 5.74) is -1.60. The Morgan fingerprint density at radius 1 is 1.07 bits per heavy atom. The highest BCUT2D eigenvalue weighted by atomic mass is 32.2. The maximum atomic E-state index is 15.6. The predicted molar refractivity (Wildman–Crippen MR) is 169 cm³/mol. The molecule has 7 rings (SSSR count). The summed E-state index contributed by atoms with van der Waals surface area (Å²) >= 11 is 0. The van der Waals surface area contributed by atoms with E-state index in [1.165, 1.54) is 41.2 Å². The molecule has 9 nitrogen and oxygen atoms in total. The number of benzene rings is 1. The Morgan fingerprint density at radius 2 is 1.80 bits per heavy atom. The minimum atomic E-state index is -3.36. The Bertz CT molecular complexity index is 1880. The number of pyridine rings is 1. The van der Waals surface area contributed by atoms with Gasteiger partial charge >= 0.3 is 0 Å². The molecule has 4 aliphatic heterocycles. The van der Waals surface area contributed by atoms with Crippen LogP contribution in [0.3, 0.4) is 0 Å². The van der Waals surface area contributed by atoms with Crippen molar-refractivity contribution in [1.29, 1.82) is 5.26 Å². The predicted octanol–water partition coefficient (Wildman–Crippen LogP) is 5.31. The van der Waals surface area contributed by atoms with Gasteiger partial charge in [0.25, 0.3) is 11.5 Å². The van der Waals surface area contributed by atoms with Crippen molar-refractivity contribution in [3.63, 3.8) is 0 Å². The third-order valence-corrected chi connectivity index (χ3v) is 11.3. The third-order valence-electron chi connectivity index (χ3n) is 9.65. The van der Waals surface area contributed by atoms with E-state index < -0.39 is 39.6 Å². The van der Waals surface area contributed by atoms with Crippen LogP contribution in [0, 0.1) is 17.2 Å². The van der Waals surface area contributed by atoms with Crippen LogP contribution < -0.4 is 10.9 Å². The molecule has 2 aromatic heterocycles. The summed E-state index contributed by atoms with van der Waals surface area (Å²) in [6, 6.07) is 7.76. The minimum Gasteiger partial charge on any atom is -0.363 e. The van der Waals surface area contributed by atoms with Crippen molar-refractivity contribution in [3.05, 3.63) is 63.7 Å². The van der Waals surface area contributed by atoms with E-state index in [1.54, 1.807) is 0 Å². The Hall–Kier alpha value is -3.43. The van der Waals surface area contributed by atoms with Crippen molar-refractivity contribution in [1.82, 2.24) is 19.4 Å². The second kappa shape index (κ2) is 12.4. The van der Waals surface area contributed by atoms with Gasteiger partial charge in [-0.1, -0.05) is 37.5 Å². The summed E-state index contributed by atoms with van der Waals surface area (Å²) in [5, 5.41) is 13.7. The summed E-state index contributed by atoms with van der Waals surface area (Å²) < 4.78 is 82.5. The van der Waals surface area contributed by atoms with Crippen molar-refractivity contribution >= 4 is 26.7 Å². The summed E-state index contributed by atoms with van der Waals surface area (Å²) in [6.45, 7) is -0.366. The number of halogens is 2. The van der Waals surface area contributed by atoms with Gasteiger partial charge in [0.2, 0.25) is 0 Å². The molecule has 1 atom stereocenters. The van der Waals surface area contributed by atoms with Crippen molar-refractivity contribution in [2.75, 3.05) is 36.5 Å². The highest BCUT2D eigenvalue weighted by molar-refractivity contribution is 7.91. The van der Waals surface area contributed by atoms with Crippen molar-refractivity contribution in [2.24, 2.45) is 5.92 Å². The molecule has 6 heterocycles. The van der Waals surface area contributed by atoms with Gasteiger partial charge in [0.05, 0.1) is 28.4 Å². The number of fused-ring (bicyclic) bond motifs is 8. The minimum absolute atomic E-state index is 0.0557. The van der Waals surface area contributed by atoms with E-state index in [9.17, 15) is 18.5 Å². The number of aromatic nitrogens is 3. The summed E-state index contributed by atoms with van der Waals surface area (Å²) in [6.07, 6.45) is 5.06. The van der Waals surface area contributed by atoms with Gasteiger partial charge in [0.15, 0.2) is 0 Å². The lowest BCUT2D eigenvalue weighted by Crippen LogP contribution is -2.48. The lowest BCUT2D eigenvalue weighted by Gasteiger charge is -2.41. The van der Waals surface area contributed by atoms with E-state index in [-0.39, 0.29) is 76.8 Å². The smallest absolute Gasteiger partial charge is 0.273 e. The highest BCUT2D eigenvalue weighted by Crippen LogP contribution is 2.39. The number of alkyl halides is 2. The summed E-state index contributed by atoms with van der Waals surface area (Å²) in [5.74, 6) is -3.73. The first-order chi connectivity index (χ1) is 22.7. The quantitative estimate of drug-likeness (QED) is 0.380. The van der Waals surface area contributed by atoms with Gasteiger partial charge in [-0.05, 0) is 62.7 Å². The van der Waals surface area contributed by atoms with Crippen LogP contribution in [0.2, 0.25) is 0 Å². The van der Waals surface area contributed by atoms with Crippen molar-refractivity contribution < 1.29 is 21.3 Å². The molecule has 8 bridgehead atoms. The molecule has 0 spiro atoms. The molecule has 2 saturated heterocycles. The van der Waals surface area contributed by atoms with Gasteiger partial charge in [-0.3, -0.25) is 9.36 Å². The van der Waals surface area contributed by atoms with Gasteiger partial charge in [-0.2, -0.15) is 5.26 Å². The maximum absolute atomic E-state index is 15.6. The molecule has 0 unspecified atom stereocenters. The molecule has 1 aromatic carbocycles. The number of hydrogen-bond acceptors (Lipinski definition) is 8. The fourth-order valence-electron chi connectivity index (χ4n) is 6.95. The van der Waals surface area contributed by atoms with E-state index in [4.69, 9.17) is 4.11 Å². The zero-order valence-corrected chi connectivity index (χ0v) is 26.0. The van der Waals surface area contributed by atoms with Gasteiger partial charge in [0, 0.05) is 47.3 Å². The van der Waals surface area contributed by atoms with Crippen molar-refractivity contribution in [2.45, 2.75) is 82.1 Å². The van der Waals surface area contributed by atoms with E-state index in [1.807, 2.05) is 0 Å². The number of rotatable bonds is 1. The molecular weight excluding hydrogens is 598 g/mol. The maximum Gasteiger partial charge on any atom is 0.273 e. The Morgan fingerprint density at radius 3 is 2.53 bits per heavy atom. The number of hydrogen-bond donors (Lipinski definition) is 1. The van der Waals surface area contributed by atoms with Gasteiger partial charge in [0.1, 0.15) is 27.6 Å². The van der Waals surface area contributed by atoms with E-state index in [0.717, 1.165) is 32.2 Å². The average molecular weight is 642 g/mol. The zero-order valence-electron chi connectivity index (χ0n) is 28.1. The summed E-state index contributed by atoms with van der Waals surface area (Å²) in [7, 11) is -3.36. The van der Waals surface area contributed by atoms with E-state index in [2.05, 4.69) is 26.3 Å². The normalized spacial score (nSPS) is 27.8. The van der Waals surface area contributed by atoms with Gasteiger partial charge in [-0.15, -0.1) is 0 Å². The SMILES string of the molecule is [2H]C([2H])([2H])[C@H]1Nc2ncnc3c2cc(C2(C#N)CCS(=O)(=O)CC2)c(=O)n3CCCCCCCN2CC(C2)CC(F)(F)c2cccc1c2. The molecule has 240 valence electrons. The lowest BCUT2D eigenvalue weighted by molar-refractivity contribution is -0.0568. The molecule has 0 radical (unpaired) electrons. The van der Waals surface area contributed by atoms with Crippen LogP contribution in [0.5, 0.6) is 0 Å². The second-order valence-electron chi connectivity index (χ2n) is 12.8. The molecule has 0 saturated carbocycles. The third kappa shape index (κ3) is 6.47. The topological polar surface area (TPSA) is 121 Å². The van der Waals surface area contributed by atoms with Crippen LogP contribution in [0.1, 0.15) is 85.1 Å². The lowest BCUT2D eigenvalue weighted by atomic mass is 9.77. The van der Waals surface area contributed by atoms with Gasteiger partial charge in [-0.25, -0.2) is 27.2 Å². The number of nitrogens with zero attached hydrogens (tertiary/aromatic N) is 5. The molecule has 4 aliphatic rings. The van der Waals surface area contributed by atoms with E-state index in [0.29, 0.717) is 19.5 Å². The zero-order chi connectivity index (χ0) is 34.3. The first-order valence-electron chi connectivity index (χ1n) is 17.2. The fraction of sp³-hybridized carbons (Fsp3) is 0.576. The van der Waals surface area contributed by atoms with Crippen LogP contribution in [-0.4, -0.2) is 59.0 Å². The highest BCUT2D eigenvalue weighted by Gasteiger charge is 2.42. The largest absolute Gasteiger partial charge is 0.363 e. The van der Waals surface area contributed by atoms with Crippen molar-refractivity contribution in [3.8, 4) is 6.07 Å². The van der Waals surface area contributed by atoms with E-state index >= 15 is 8.78 Å². The number of nitriles is 1. The van der Waals surface area contributed by atoms with Crippen LogP contribution >= 0.6 is 0 Å². The molecule has 3 aromatic rings. The molecule has 0 aliphatic carbocycles. The Kier molecular flexibility index (Phi) is 7.67. The van der Waals surface area contributed by atoms with Crippen LogP contribution in [0.15, 0.2) is 41.5 Å². The second-order valence-corrected chi connectivity index (χ2v) is 15.1. The standard InChI is InChI=1S/C33H40F2N6O3S/c1-23-25-8-7-9-26(16-25)33(34,35)18-24-19-40(20-24)12-5-3-2-4-6-13-41-30-27(29(39-23)37-22-38-30)17-28(31(41)42)32(21-36)10-14-45(43,44)15-11-32/h7-9,16-17,22-24H,2-6,10-15,18-20H2,1H3,(H,37,38,39)/t23-/m1/s1/i1D3. The number of anilines is 1. The van der Waals surface area contributed by atoms with Gasteiger partial charge < -0.3 is 10.2 Å². The molecule has 0 amide bonds. The average Bonchev–Trinajstić information content (AvgIpc) is 3.02. The van der Waals surface area contributed by atoms with Crippen LogP contribution in [-0.2, 0) is 27.7 Å². The number of sulfone groups is 1. The number of aryl methyl sites for hydroxylation is 1. The number of nitrogens with one attached hydrogen (secondary N) is 1. The Balaban J connectivity index is 1.48. The molecule has 2 fully saturated rings. The first kappa shape index (κ1) is 27.8. The van der Waals surface area contributed by atoms with Crippen LogP contribution in [0.25, 0.3) is 11.0 Å².